The maximum atomic E-state index is 12.4. The van der Waals surface area contributed by atoms with Crippen molar-refractivity contribution in [3.8, 4) is 0 Å². The summed E-state index contributed by atoms with van der Waals surface area (Å²) in [4.78, 5) is 39.7. The number of carbonyl (C=O) groups is 3. The quantitative estimate of drug-likeness (QED) is 0.550. The molecule has 7 heteroatoms. The lowest BCUT2D eigenvalue weighted by Crippen LogP contribution is -3.14. The molecule has 0 radical (unpaired) electrons. The van der Waals surface area contributed by atoms with Gasteiger partial charge in [0.15, 0.2) is 6.67 Å². The van der Waals surface area contributed by atoms with Gasteiger partial charge in [-0.05, 0) is 5.56 Å². The van der Waals surface area contributed by atoms with Crippen LogP contribution < -0.4 is 4.90 Å². The van der Waals surface area contributed by atoms with Gasteiger partial charge in [-0.15, -0.1) is 0 Å². The molecule has 0 bridgehead atoms. The van der Waals surface area contributed by atoms with Crippen molar-refractivity contribution >= 4 is 17.8 Å². The van der Waals surface area contributed by atoms with Crippen LogP contribution in [0.4, 0.5) is 4.79 Å². The molecule has 0 atom stereocenters. The third-order valence-electron chi connectivity index (χ3n) is 4.36. The SMILES string of the molecule is O=C1C(=O)N(C[NH+]2CCC(O)CC2)C(=O)N1Cc1ccccc1. The monoisotopic (exact) mass is 318 g/mol. The van der Waals surface area contributed by atoms with E-state index in [1.165, 1.54) is 0 Å². The van der Waals surface area contributed by atoms with Gasteiger partial charge in [0, 0.05) is 12.8 Å². The molecule has 0 aromatic heterocycles. The molecule has 23 heavy (non-hydrogen) atoms. The van der Waals surface area contributed by atoms with Gasteiger partial charge < -0.3 is 10.0 Å². The maximum absolute atomic E-state index is 12.4. The first-order chi connectivity index (χ1) is 11.1. The van der Waals surface area contributed by atoms with Gasteiger partial charge in [-0.2, -0.15) is 0 Å². The van der Waals surface area contributed by atoms with E-state index in [4.69, 9.17) is 0 Å². The average molecular weight is 318 g/mol. The van der Waals surface area contributed by atoms with Crippen molar-refractivity contribution in [3.05, 3.63) is 35.9 Å². The number of hydrogen-bond acceptors (Lipinski definition) is 4. The first kappa shape index (κ1) is 15.6. The number of aliphatic hydroxyl groups excluding tert-OH is 1. The summed E-state index contributed by atoms with van der Waals surface area (Å²) in [7, 11) is 0. The highest BCUT2D eigenvalue weighted by Crippen LogP contribution is 2.15. The van der Waals surface area contributed by atoms with Crippen LogP contribution in [0.25, 0.3) is 0 Å². The molecule has 2 saturated heterocycles. The number of likely N-dealkylation sites (tertiary alicyclic amines) is 1. The van der Waals surface area contributed by atoms with E-state index in [2.05, 4.69) is 0 Å². The van der Waals surface area contributed by atoms with Crippen LogP contribution in [0.5, 0.6) is 0 Å². The first-order valence-corrected chi connectivity index (χ1v) is 7.79. The minimum absolute atomic E-state index is 0.106. The largest absolute Gasteiger partial charge is 0.393 e. The number of benzene rings is 1. The van der Waals surface area contributed by atoms with Gasteiger partial charge in [-0.3, -0.25) is 14.5 Å². The molecule has 4 amide bonds. The Morgan fingerprint density at radius 2 is 1.61 bits per heavy atom. The fourth-order valence-corrected chi connectivity index (χ4v) is 2.99. The van der Waals surface area contributed by atoms with Gasteiger partial charge >= 0.3 is 17.8 Å². The number of nitrogens with one attached hydrogen (secondary N) is 1. The van der Waals surface area contributed by atoms with Crippen molar-refractivity contribution < 1.29 is 24.4 Å². The number of rotatable bonds is 4. The van der Waals surface area contributed by atoms with E-state index in [-0.39, 0.29) is 19.3 Å². The molecule has 0 unspecified atom stereocenters. The molecule has 2 aliphatic rings. The zero-order valence-corrected chi connectivity index (χ0v) is 12.8. The standard InChI is InChI=1S/C16H19N3O4/c20-13-6-8-17(9-7-13)11-19-15(22)14(21)18(16(19)23)10-12-4-2-1-3-5-12/h1-5,13,20H,6-11H2/p+1. The van der Waals surface area contributed by atoms with Crippen LogP contribution in [-0.4, -0.2) is 58.6 Å². The maximum Gasteiger partial charge on any atom is 0.339 e. The summed E-state index contributed by atoms with van der Waals surface area (Å²) >= 11 is 0. The Morgan fingerprint density at radius 1 is 1.00 bits per heavy atom. The van der Waals surface area contributed by atoms with Crippen molar-refractivity contribution in [1.82, 2.24) is 9.80 Å². The number of imide groups is 2. The lowest BCUT2D eigenvalue weighted by molar-refractivity contribution is -0.913. The van der Waals surface area contributed by atoms with Crippen molar-refractivity contribution in [1.29, 1.82) is 0 Å². The van der Waals surface area contributed by atoms with Gasteiger partial charge in [0.05, 0.1) is 25.7 Å². The lowest BCUT2D eigenvalue weighted by Gasteiger charge is -2.28. The predicted octanol–water partition coefficient (Wildman–Crippen LogP) is -1.03. The Bertz CT molecular complexity index is 611. The van der Waals surface area contributed by atoms with Crippen LogP contribution in [0, 0.1) is 0 Å². The summed E-state index contributed by atoms with van der Waals surface area (Å²) in [6.07, 6.45) is 0.987. The second kappa shape index (κ2) is 6.47. The Labute approximate surface area is 134 Å². The summed E-state index contributed by atoms with van der Waals surface area (Å²) in [5.74, 6) is -1.53. The van der Waals surface area contributed by atoms with Gasteiger partial charge in [-0.25, -0.2) is 9.69 Å². The van der Waals surface area contributed by atoms with Gasteiger partial charge in [0.25, 0.3) is 0 Å². The molecule has 2 aliphatic heterocycles. The Morgan fingerprint density at radius 3 is 2.26 bits per heavy atom. The minimum Gasteiger partial charge on any atom is -0.393 e. The Kier molecular flexibility index (Phi) is 4.40. The van der Waals surface area contributed by atoms with Crippen LogP contribution in [0.3, 0.4) is 0 Å². The summed E-state index contributed by atoms with van der Waals surface area (Å²) < 4.78 is 0. The highest BCUT2D eigenvalue weighted by Gasteiger charge is 2.46. The van der Waals surface area contributed by atoms with Crippen LogP contribution in [0.15, 0.2) is 30.3 Å². The summed E-state index contributed by atoms with van der Waals surface area (Å²) in [5.41, 5.74) is 0.803. The number of urea groups is 1. The molecule has 2 heterocycles. The predicted molar refractivity (Wildman–Crippen MR) is 80.0 cm³/mol. The van der Waals surface area contributed by atoms with Crippen LogP contribution >= 0.6 is 0 Å². The number of hydrogen-bond donors (Lipinski definition) is 2. The highest BCUT2D eigenvalue weighted by atomic mass is 16.3. The number of amides is 4. The van der Waals surface area contributed by atoms with E-state index in [9.17, 15) is 19.5 Å². The number of nitrogens with zero attached hydrogens (tertiary/aromatic N) is 2. The summed E-state index contributed by atoms with van der Waals surface area (Å²) in [5, 5.41) is 9.52. The van der Waals surface area contributed by atoms with E-state index in [0.29, 0.717) is 25.9 Å². The molecular formula is C16H20N3O4+. The summed E-state index contributed by atoms with van der Waals surface area (Å²) in [6, 6.07) is 8.56. The molecule has 0 spiro atoms. The van der Waals surface area contributed by atoms with Gasteiger partial charge in [0.1, 0.15) is 0 Å². The fraction of sp³-hybridized carbons (Fsp3) is 0.438. The molecule has 2 N–H and O–H groups in total. The van der Waals surface area contributed by atoms with Crippen molar-refractivity contribution in [2.75, 3.05) is 19.8 Å². The average Bonchev–Trinajstić information content (AvgIpc) is 2.76. The number of piperidine rings is 1. The van der Waals surface area contributed by atoms with Gasteiger partial charge in [0.2, 0.25) is 0 Å². The van der Waals surface area contributed by atoms with E-state index >= 15 is 0 Å². The molecule has 1 aromatic carbocycles. The molecule has 2 fully saturated rings. The molecular weight excluding hydrogens is 298 g/mol. The lowest BCUT2D eigenvalue weighted by atomic mass is 10.1. The molecule has 1 aromatic rings. The Hall–Kier alpha value is -2.25. The molecule has 7 nitrogen and oxygen atoms in total. The molecule has 0 aliphatic carbocycles. The van der Waals surface area contributed by atoms with Gasteiger partial charge in [-0.1, -0.05) is 30.3 Å². The van der Waals surface area contributed by atoms with Crippen LogP contribution in [0.2, 0.25) is 0 Å². The Balaban J connectivity index is 1.67. The first-order valence-electron chi connectivity index (χ1n) is 7.79. The normalized spacial score (nSPS) is 25.3. The molecule has 0 saturated carbocycles. The smallest absolute Gasteiger partial charge is 0.339 e. The zero-order valence-electron chi connectivity index (χ0n) is 12.8. The minimum atomic E-state index is -0.768. The van der Waals surface area contributed by atoms with E-state index in [0.717, 1.165) is 20.3 Å². The second-order valence-corrected chi connectivity index (χ2v) is 6.03. The van der Waals surface area contributed by atoms with E-state index in [1.807, 2.05) is 30.3 Å². The van der Waals surface area contributed by atoms with Crippen molar-refractivity contribution in [3.63, 3.8) is 0 Å². The van der Waals surface area contributed by atoms with E-state index in [1.54, 1.807) is 0 Å². The topological polar surface area (TPSA) is 82.4 Å². The highest BCUT2D eigenvalue weighted by molar-refractivity contribution is 6.44. The van der Waals surface area contributed by atoms with Crippen molar-refractivity contribution in [2.24, 2.45) is 0 Å². The van der Waals surface area contributed by atoms with E-state index < -0.39 is 17.8 Å². The third-order valence-corrected chi connectivity index (χ3v) is 4.36. The summed E-state index contributed by atoms with van der Waals surface area (Å²) in [6.45, 7) is 1.66. The van der Waals surface area contributed by atoms with Crippen LogP contribution in [0.1, 0.15) is 18.4 Å². The second-order valence-electron chi connectivity index (χ2n) is 6.03. The van der Waals surface area contributed by atoms with Crippen molar-refractivity contribution in [2.45, 2.75) is 25.5 Å². The fourth-order valence-electron chi connectivity index (χ4n) is 2.99. The zero-order chi connectivity index (χ0) is 16.4. The molecule has 3 rings (SSSR count). The number of quaternary nitrogens is 1. The molecule has 122 valence electrons. The number of carbonyl (C=O) groups excluding carboxylic acids is 3. The number of aliphatic hydroxyl groups is 1. The van der Waals surface area contributed by atoms with Crippen LogP contribution in [-0.2, 0) is 16.1 Å². The third kappa shape index (κ3) is 3.25.